The van der Waals surface area contributed by atoms with Gasteiger partial charge in [0.25, 0.3) is 0 Å². The SMILES string of the molecule is CNC(CCCC(C)C)C(OC)C(C)(C)C. The van der Waals surface area contributed by atoms with Crippen molar-refractivity contribution in [2.75, 3.05) is 14.2 Å². The minimum atomic E-state index is 0.195. The summed E-state index contributed by atoms with van der Waals surface area (Å²) in [7, 11) is 3.86. The van der Waals surface area contributed by atoms with Gasteiger partial charge in [0, 0.05) is 13.2 Å². The van der Waals surface area contributed by atoms with Crippen molar-refractivity contribution in [2.24, 2.45) is 11.3 Å². The molecule has 2 unspecified atom stereocenters. The third-order valence-electron chi connectivity index (χ3n) is 3.14. The maximum absolute atomic E-state index is 5.66. The summed E-state index contributed by atoms with van der Waals surface area (Å²) in [6.45, 7) is 11.3. The molecule has 2 heteroatoms. The molecule has 0 aromatic rings. The first-order chi connectivity index (χ1) is 7.32. The van der Waals surface area contributed by atoms with Crippen LogP contribution in [0.3, 0.4) is 0 Å². The predicted molar refractivity (Wildman–Crippen MR) is 71.8 cm³/mol. The fourth-order valence-electron chi connectivity index (χ4n) is 2.31. The third-order valence-corrected chi connectivity index (χ3v) is 3.14. The Bertz CT molecular complexity index is 172. The van der Waals surface area contributed by atoms with E-state index < -0.39 is 0 Å². The quantitative estimate of drug-likeness (QED) is 0.722. The summed E-state index contributed by atoms with van der Waals surface area (Å²) in [5, 5.41) is 3.41. The molecule has 0 saturated heterocycles. The lowest BCUT2D eigenvalue weighted by molar-refractivity contribution is -0.0120. The summed E-state index contributed by atoms with van der Waals surface area (Å²) in [6.07, 6.45) is 4.06. The predicted octanol–water partition coefficient (Wildman–Crippen LogP) is 3.46. The highest BCUT2D eigenvalue weighted by molar-refractivity contribution is 4.85. The second-order valence-electron chi connectivity index (χ2n) is 6.24. The molecule has 0 bridgehead atoms. The van der Waals surface area contributed by atoms with Crippen LogP contribution in [0.15, 0.2) is 0 Å². The molecule has 2 nitrogen and oxygen atoms in total. The van der Waals surface area contributed by atoms with Gasteiger partial charge in [-0.1, -0.05) is 47.5 Å². The number of likely N-dealkylation sites (N-methyl/N-ethyl adjacent to an activating group) is 1. The monoisotopic (exact) mass is 229 g/mol. The van der Waals surface area contributed by atoms with Crippen LogP contribution in [0.2, 0.25) is 0 Å². The molecule has 2 atom stereocenters. The van der Waals surface area contributed by atoms with Crippen molar-refractivity contribution in [3.8, 4) is 0 Å². The van der Waals surface area contributed by atoms with Crippen LogP contribution in [0, 0.1) is 11.3 Å². The normalized spacial score (nSPS) is 16.5. The number of hydrogen-bond donors (Lipinski definition) is 1. The molecule has 0 aliphatic carbocycles. The van der Waals surface area contributed by atoms with Gasteiger partial charge in [-0.3, -0.25) is 0 Å². The smallest absolute Gasteiger partial charge is 0.0772 e. The molecule has 0 heterocycles. The molecular weight excluding hydrogens is 198 g/mol. The zero-order valence-corrected chi connectivity index (χ0v) is 12.3. The molecule has 98 valence electrons. The van der Waals surface area contributed by atoms with Crippen LogP contribution >= 0.6 is 0 Å². The van der Waals surface area contributed by atoms with Crippen molar-refractivity contribution in [2.45, 2.75) is 66.0 Å². The van der Waals surface area contributed by atoms with Gasteiger partial charge in [0.15, 0.2) is 0 Å². The van der Waals surface area contributed by atoms with Crippen LogP contribution in [-0.4, -0.2) is 26.3 Å². The zero-order valence-electron chi connectivity index (χ0n) is 12.3. The van der Waals surface area contributed by atoms with Crippen LogP contribution in [0.4, 0.5) is 0 Å². The summed E-state index contributed by atoms with van der Waals surface area (Å²) < 4.78 is 5.66. The second-order valence-corrected chi connectivity index (χ2v) is 6.24. The Labute approximate surface area is 102 Å². The van der Waals surface area contributed by atoms with Gasteiger partial charge < -0.3 is 10.1 Å². The van der Waals surface area contributed by atoms with E-state index in [4.69, 9.17) is 4.74 Å². The highest BCUT2D eigenvalue weighted by Crippen LogP contribution is 2.26. The van der Waals surface area contributed by atoms with E-state index in [9.17, 15) is 0 Å². The number of hydrogen-bond acceptors (Lipinski definition) is 2. The topological polar surface area (TPSA) is 21.3 Å². The van der Waals surface area contributed by atoms with Crippen LogP contribution < -0.4 is 5.32 Å². The van der Waals surface area contributed by atoms with Crippen LogP contribution in [0.25, 0.3) is 0 Å². The van der Waals surface area contributed by atoms with Crippen molar-refractivity contribution in [1.82, 2.24) is 5.32 Å². The van der Waals surface area contributed by atoms with E-state index in [-0.39, 0.29) is 11.5 Å². The van der Waals surface area contributed by atoms with E-state index in [1.165, 1.54) is 19.3 Å². The molecule has 0 saturated carbocycles. The summed E-state index contributed by atoms with van der Waals surface area (Å²) in [5.41, 5.74) is 0.195. The summed E-state index contributed by atoms with van der Waals surface area (Å²) in [4.78, 5) is 0. The van der Waals surface area contributed by atoms with E-state index in [2.05, 4.69) is 39.9 Å². The summed E-state index contributed by atoms with van der Waals surface area (Å²) in [6, 6.07) is 0.462. The Morgan fingerprint density at radius 1 is 1.12 bits per heavy atom. The van der Waals surface area contributed by atoms with Crippen molar-refractivity contribution in [3.63, 3.8) is 0 Å². The number of methoxy groups -OCH3 is 1. The maximum Gasteiger partial charge on any atom is 0.0772 e. The first-order valence-corrected chi connectivity index (χ1v) is 6.53. The minimum absolute atomic E-state index is 0.195. The highest BCUT2D eigenvalue weighted by Gasteiger charge is 2.31. The lowest BCUT2D eigenvalue weighted by Crippen LogP contribution is -2.46. The lowest BCUT2D eigenvalue weighted by atomic mass is 9.82. The lowest BCUT2D eigenvalue weighted by Gasteiger charge is -2.36. The molecule has 16 heavy (non-hydrogen) atoms. The molecule has 0 amide bonds. The summed E-state index contributed by atoms with van der Waals surface area (Å²) in [5.74, 6) is 0.799. The highest BCUT2D eigenvalue weighted by atomic mass is 16.5. The van der Waals surface area contributed by atoms with Gasteiger partial charge in [-0.15, -0.1) is 0 Å². The van der Waals surface area contributed by atoms with Gasteiger partial charge in [0.2, 0.25) is 0 Å². The Morgan fingerprint density at radius 3 is 2.00 bits per heavy atom. The molecule has 0 aliphatic rings. The fourth-order valence-corrected chi connectivity index (χ4v) is 2.31. The minimum Gasteiger partial charge on any atom is -0.379 e. The van der Waals surface area contributed by atoms with Crippen LogP contribution in [-0.2, 0) is 4.74 Å². The van der Waals surface area contributed by atoms with Crippen molar-refractivity contribution in [1.29, 1.82) is 0 Å². The molecule has 0 spiro atoms. The molecule has 0 rings (SSSR count). The molecule has 0 radical (unpaired) electrons. The molecular formula is C14H31NO. The van der Waals surface area contributed by atoms with Gasteiger partial charge in [0.1, 0.15) is 0 Å². The first-order valence-electron chi connectivity index (χ1n) is 6.53. The van der Waals surface area contributed by atoms with Crippen LogP contribution in [0.5, 0.6) is 0 Å². The first kappa shape index (κ1) is 15.9. The number of nitrogens with one attached hydrogen (secondary N) is 1. The average Bonchev–Trinajstić information content (AvgIpc) is 2.13. The third kappa shape index (κ3) is 5.86. The standard InChI is InChI=1S/C14H31NO/c1-11(2)9-8-10-12(15-6)13(16-7)14(3,4)5/h11-13,15H,8-10H2,1-7H3. The van der Waals surface area contributed by atoms with Gasteiger partial charge in [-0.2, -0.15) is 0 Å². The number of ether oxygens (including phenoxy) is 1. The van der Waals surface area contributed by atoms with E-state index >= 15 is 0 Å². The largest absolute Gasteiger partial charge is 0.379 e. The molecule has 0 aliphatic heterocycles. The fraction of sp³-hybridized carbons (Fsp3) is 1.00. The van der Waals surface area contributed by atoms with E-state index in [0.717, 1.165) is 5.92 Å². The van der Waals surface area contributed by atoms with Crippen LogP contribution in [0.1, 0.15) is 53.9 Å². The van der Waals surface area contributed by atoms with Gasteiger partial charge in [-0.25, -0.2) is 0 Å². The van der Waals surface area contributed by atoms with E-state index in [0.29, 0.717) is 6.04 Å². The van der Waals surface area contributed by atoms with Gasteiger partial charge in [-0.05, 0) is 24.8 Å². The van der Waals surface area contributed by atoms with Crippen molar-refractivity contribution in [3.05, 3.63) is 0 Å². The van der Waals surface area contributed by atoms with Crippen molar-refractivity contribution < 1.29 is 4.74 Å². The zero-order chi connectivity index (χ0) is 12.8. The second kappa shape index (κ2) is 7.29. The maximum atomic E-state index is 5.66. The molecule has 1 N–H and O–H groups in total. The Hall–Kier alpha value is -0.0800. The molecule has 0 fully saturated rings. The molecule has 0 aromatic carbocycles. The van der Waals surface area contributed by atoms with Gasteiger partial charge in [0.05, 0.1) is 6.10 Å². The Morgan fingerprint density at radius 2 is 1.69 bits per heavy atom. The summed E-state index contributed by atoms with van der Waals surface area (Å²) >= 11 is 0. The van der Waals surface area contributed by atoms with E-state index in [1.807, 2.05) is 14.2 Å². The Kier molecular flexibility index (Phi) is 7.25. The Balaban J connectivity index is 4.23. The molecule has 0 aromatic heterocycles. The van der Waals surface area contributed by atoms with Crippen molar-refractivity contribution >= 4 is 0 Å². The average molecular weight is 229 g/mol. The van der Waals surface area contributed by atoms with Gasteiger partial charge >= 0.3 is 0 Å². The van der Waals surface area contributed by atoms with E-state index in [1.54, 1.807) is 0 Å². The number of rotatable bonds is 7.